The van der Waals surface area contributed by atoms with Gasteiger partial charge in [0.15, 0.2) is 0 Å². The van der Waals surface area contributed by atoms with Crippen LogP contribution < -0.4 is 10.1 Å². The topological polar surface area (TPSA) is 47.3 Å². The molecule has 0 amide bonds. The van der Waals surface area contributed by atoms with Crippen LogP contribution in [0.4, 0.5) is 4.39 Å². The van der Waals surface area contributed by atoms with E-state index in [0.29, 0.717) is 12.3 Å². The van der Waals surface area contributed by atoms with Crippen molar-refractivity contribution < 1.29 is 13.5 Å². The van der Waals surface area contributed by atoms with Crippen molar-refractivity contribution >= 4 is 11.6 Å². The molecule has 19 heavy (non-hydrogen) atoms. The Balaban J connectivity index is 1.97. The third-order valence-corrected chi connectivity index (χ3v) is 2.65. The summed E-state index contributed by atoms with van der Waals surface area (Å²) in [5.74, 6) is -0.118. The van der Waals surface area contributed by atoms with Gasteiger partial charge in [-0.25, -0.2) is 4.39 Å². The van der Waals surface area contributed by atoms with E-state index in [0.717, 1.165) is 18.7 Å². The van der Waals surface area contributed by atoms with Gasteiger partial charge < -0.3 is 14.5 Å². The lowest BCUT2D eigenvalue weighted by molar-refractivity contribution is 0.330. The summed E-state index contributed by atoms with van der Waals surface area (Å²) in [5.41, 5.74) is 0.747. The third kappa shape index (κ3) is 3.94. The van der Waals surface area contributed by atoms with E-state index < -0.39 is 5.82 Å². The smallest absolute Gasteiger partial charge is 0.399 e. The first kappa shape index (κ1) is 13.8. The third-order valence-electron chi connectivity index (χ3n) is 2.36. The van der Waals surface area contributed by atoms with E-state index in [-0.39, 0.29) is 11.1 Å². The van der Waals surface area contributed by atoms with E-state index in [2.05, 4.69) is 17.2 Å². The Morgan fingerprint density at radius 3 is 3.05 bits per heavy atom. The molecule has 0 atom stereocenters. The molecule has 1 aromatic heterocycles. The molecule has 0 radical (unpaired) electrons. The predicted molar refractivity (Wildman–Crippen MR) is 70.0 cm³/mol. The first-order chi connectivity index (χ1) is 9.19. The zero-order chi connectivity index (χ0) is 13.7. The predicted octanol–water partition coefficient (Wildman–Crippen LogP) is 3.76. The monoisotopic (exact) mass is 284 g/mol. The highest BCUT2D eigenvalue weighted by atomic mass is 35.5. The van der Waals surface area contributed by atoms with Gasteiger partial charge in [-0.05, 0) is 25.1 Å². The number of oxazole rings is 1. The van der Waals surface area contributed by atoms with Crippen LogP contribution >= 0.6 is 11.6 Å². The lowest BCUT2D eigenvalue weighted by Gasteiger charge is -2.01. The number of nitrogens with one attached hydrogen (secondary N) is 1. The normalized spacial score (nSPS) is 10.7. The zero-order valence-electron chi connectivity index (χ0n) is 10.5. The summed E-state index contributed by atoms with van der Waals surface area (Å²) >= 11 is 5.65. The van der Waals surface area contributed by atoms with Crippen LogP contribution in [0.5, 0.6) is 11.8 Å². The molecule has 0 saturated carbocycles. The number of hydrogen-bond acceptors (Lipinski definition) is 4. The molecule has 0 spiro atoms. The van der Waals surface area contributed by atoms with Gasteiger partial charge in [0.2, 0.25) is 0 Å². The minimum absolute atomic E-state index is 0.00566. The summed E-state index contributed by atoms with van der Waals surface area (Å²) in [6.07, 6.45) is 2.68. The molecular formula is C13H14ClFN2O2. The molecule has 1 aromatic carbocycles. The highest BCUT2D eigenvalue weighted by Gasteiger charge is 2.08. The van der Waals surface area contributed by atoms with Gasteiger partial charge in [-0.3, -0.25) is 0 Å². The number of aromatic nitrogens is 1. The molecule has 2 aromatic rings. The Hall–Kier alpha value is -1.59. The van der Waals surface area contributed by atoms with E-state index in [1.165, 1.54) is 24.5 Å². The van der Waals surface area contributed by atoms with E-state index in [1.807, 2.05) is 0 Å². The van der Waals surface area contributed by atoms with Crippen molar-refractivity contribution in [3.8, 4) is 11.8 Å². The molecule has 0 aliphatic carbocycles. The molecule has 0 bridgehead atoms. The quantitative estimate of drug-likeness (QED) is 0.821. The second-order valence-corrected chi connectivity index (χ2v) is 4.37. The highest BCUT2D eigenvalue weighted by Crippen LogP contribution is 2.25. The molecule has 6 heteroatoms. The summed E-state index contributed by atoms with van der Waals surface area (Å²) in [5, 5.41) is 3.19. The average Bonchev–Trinajstić information content (AvgIpc) is 2.82. The van der Waals surface area contributed by atoms with Crippen molar-refractivity contribution in [1.29, 1.82) is 0 Å². The van der Waals surface area contributed by atoms with Gasteiger partial charge in [0.1, 0.15) is 17.8 Å². The van der Waals surface area contributed by atoms with Crippen molar-refractivity contribution in [3.63, 3.8) is 0 Å². The van der Waals surface area contributed by atoms with Crippen molar-refractivity contribution in [1.82, 2.24) is 10.3 Å². The van der Waals surface area contributed by atoms with Gasteiger partial charge in [0, 0.05) is 12.6 Å². The van der Waals surface area contributed by atoms with Gasteiger partial charge in [-0.2, -0.15) is 4.98 Å². The SMILES string of the molecule is CCCNCc1coc(Oc2ccc(F)c(Cl)c2)n1. The number of benzene rings is 1. The molecule has 1 N–H and O–H groups in total. The van der Waals surface area contributed by atoms with E-state index in [9.17, 15) is 4.39 Å². The Morgan fingerprint density at radius 1 is 1.47 bits per heavy atom. The largest absolute Gasteiger partial charge is 0.417 e. The fraction of sp³-hybridized carbons (Fsp3) is 0.308. The molecular weight excluding hydrogens is 271 g/mol. The summed E-state index contributed by atoms with van der Waals surface area (Å²) in [7, 11) is 0. The molecule has 0 aliphatic heterocycles. The number of nitrogens with zero attached hydrogens (tertiary/aromatic N) is 1. The van der Waals surface area contributed by atoms with Crippen molar-refractivity contribution in [3.05, 3.63) is 41.0 Å². The second kappa shape index (κ2) is 6.54. The molecule has 0 fully saturated rings. The number of rotatable bonds is 6. The Morgan fingerprint density at radius 2 is 2.32 bits per heavy atom. The van der Waals surface area contributed by atoms with Crippen LogP contribution in [0.3, 0.4) is 0 Å². The van der Waals surface area contributed by atoms with Gasteiger partial charge in [-0.15, -0.1) is 0 Å². The van der Waals surface area contributed by atoms with Crippen molar-refractivity contribution in [2.45, 2.75) is 19.9 Å². The van der Waals surface area contributed by atoms with Gasteiger partial charge in [-0.1, -0.05) is 18.5 Å². The van der Waals surface area contributed by atoms with Gasteiger partial charge in [0.25, 0.3) is 0 Å². The second-order valence-electron chi connectivity index (χ2n) is 3.96. The summed E-state index contributed by atoms with van der Waals surface area (Å²) in [6, 6.07) is 4.06. The maximum absolute atomic E-state index is 13.0. The minimum atomic E-state index is -0.495. The average molecular weight is 285 g/mol. The molecule has 1 heterocycles. The molecule has 4 nitrogen and oxygen atoms in total. The summed E-state index contributed by atoms with van der Waals surface area (Å²) in [4.78, 5) is 4.14. The highest BCUT2D eigenvalue weighted by molar-refractivity contribution is 6.30. The van der Waals surface area contributed by atoms with Crippen LogP contribution in [0.25, 0.3) is 0 Å². The molecule has 0 saturated heterocycles. The fourth-order valence-electron chi connectivity index (χ4n) is 1.45. The zero-order valence-corrected chi connectivity index (χ0v) is 11.2. The van der Waals surface area contributed by atoms with E-state index >= 15 is 0 Å². The van der Waals surface area contributed by atoms with Crippen LogP contribution in [-0.2, 0) is 6.54 Å². The lowest BCUT2D eigenvalue weighted by atomic mass is 10.3. The maximum atomic E-state index is 13.0. The van der Waals surface area contributed by atoms with Gasteiger partial charge >= 0.3 is 6.08 Å². The Kier molecular flexibility index (Phi) is 4.76. The van der Waals surface area contributed by atoms with Gasteiger partial charge in [0.05, 0.1) is 10.7 Å². The fourth-order valence-corrected chi connectivity index (χ4v) is 1.62. The first-order valence-corrected chi connectivity index (χ1v) is 6.35. The number of ether oxygens (including phenoxy) is 1. The first-order valence-electron chi connectivity index (χ1n) is 5.97. The summed E-state index contributed by atoms with van der Waals surface area (Å²) in [6.45, 7) is 3.62. The van der Waals surface area contributed by atoms with Crippen LogP contribution in [0.15, 0.2) is 28.9 Å². The number of halogens is 2. The molecule has 0 aliphatic rings. The van der Waals surface area contributed by atoms with Crippen molar-refractivity contribution in [2.24, 2.45) is 0 Å². The van der Waals surface area contributed by atoms with Crippen LogP contribution in [0.2, 0.25) is 5.02 Å². The van der Waals surface area contributed by atoms with Crippen LogP contribution in [0, 0.1) is 5.82 Å². The summed E-state index contributed by atoms with van der Waals surface area (Å²) < 4.78 is 23.5. The van der Waals surface area contributed by atoms with Crippen molar-refractivity contribution in [2.75, 3.05) is 6.54 Å². The van der Waals surface area contributed by atoms with Crippen LogP contribution in [-0.4, -0.2) is 11.5 Å². The van der Waals surface area contributed by atoms with E-state index in [1.54, 1.807) is 0 Å². The lowest BCUT2D eigenvalue weighted by Crippen LogP contribution is -2.13. The molecule has 0 unspecified atom stereocenters. The number of hydrogen-bond donors (Lipinski definition) is 1. The molecule has 102 valence electrons. The Bertz CT molecular complexity index is 545. The molecule has 2 rings (SSSR count). The minimum Gasteiger partial charge on any atom is -0.417 e. The van der Waals surface area contributed by atoms with Crippen LogP contribution in [0.1, 0.15) is 19.0 Å². The Labute approximate surface area is 115 Å². The maximum Gasteiger partial charge on any atom is 0.399 e. The standard InChI is InChI=1S/C13H14ClFN2O2/c1-2-5-16-7-9-8-18-13(17-9)19-10-3-4-12(15)11(14)6-10/h3-4,6,8,16H,2,5,7H2,1H3. The van der Waals surface area contributed by atoms with E-state index in [4.69, 9.17) is 20.8 Å².